The van der Waals surface area contributed by atoms with E-state index in [2.05, 4.69) is 43.2 Å². The highest BCUT2D eigenvalue weighted by Crippen LogP contribution is 2.23. The lowest BCUT2D eigenvalue weighted by Crippen LogP contribution is -2.46. The zero-order valence-corrected chi connectivity index (χ0v) is 19.2. The molecule has 2 aliphatic rings. The van der Waals surface area contributed by atoms with Crippen molar-refractivity contribution >= 4 is 17.5 Å². The summed E-state index contributed by atoms with van der Waals surface area (Å²) in [6, 6.07) is 11.9. The van der Waals surface area contributed by atoms with Crippen molar-refractivity contribution in [2.24, 2.45) is 5.92 Å². The van der Waals surface area contributed by atoms with Gasteiger partial charge in [-0.1, -0.05) is 19.1 Å². The molecule has 0 radical (unpaired) electrons. The largest absolute Gasteiger partial charge is 0.497 e. The number of ether oxygens (including phenoxy) is 1. The van der Waals surface area contributed by atoms with Crippen LogP contribution in [0.3, 0.4) is 0 Å². The summed E-state index contributed by atoms with van der Waals surface area (Å²) >= 11 is 0. The van der Waals surface area contributed by atoms with Gasteiger partial charge in [-0.2, -0.15) is 0 Å². The minimum Gasteiger partial charge on any atom is -0.497 e. The second-order valence-corrected chi connectivity index (χ2v) is 8.52. The average Bonchev–Trinajstić information content (AvgIpc) is 2.88. The van der Waals surface area contributed by atoms with Crippen LogP contribution < -0.4 is 19.9 Å². The van der Waals surface area contributed by atoms with Gasteiger partial charge in [0.25, 0.3) is 0 Å². The number of piperidine rings is 1. The maximum atomic E-state index is 12.8. The molecular weight excluding hydrogens is 404 g/mol. The maximum absolute atomic E-state index is 12.8. The molecule has 2 saturated heterocycles. The number of hydrogen-bond donors (Lipinski definition) is 1. The first-order valence-electron chi connectivity index (χ1n) is 11.6. The van der Waals surface area contributed by atoms with Gasteiger partial charge in [0.15, 0.2) is 11.6 Å². The van der Waals surface area contributed by atoms with E-state index in [-0.39, 0.29) is 11.8 Å². The molecule has 4 rings (SSSR count). The molecule has 0 saturated carbocycles. The zero-order valence-electron chi connectivity index (χ0n) is 19.2. The summed E-state index contributed by atoms with van der Waals surface area (Å²) in [6.45, 7) is 9.53. The van der Waals surface area contributed by atoms with Crippen molar-refractivity contribution in [1.82, 2.24) is 20.4 Å². The predicted octanol–water partition coefficient (Wildman–Crippen LogP) is 2.16. The van der Waals surface area contributed by atoms with E-state index in [1.165, 1.54) is 0 Å². The van der Waals surface area contributed by atoms with Gasteiger partial charge in [0.2, 0.25) is 5.91 Å². The normalized spacial score (nSPS) is 19.6. The van der Waals surface area contributed by atoms with Gasteiger partial charge in [0, 0.05) is 45.8 Å². The fourth-order valence-electron chi connectivity index (χ4n) is 4.42. The first kappa shape index (κ1) is 22.3. The van der Waals surface area contributed by atoms with E-state index in [1.54, 1.807) is 7.11 Å². The van der Waals surface area contributed by atoms with Crippen LogP contribution in [0, 0.1) is 5.92 Å². The molecule has 2 aromatic rings. The number of nitrogens with one attached hydrogen (secondary N) is 1. The highest BCUT2D eigenvalue weighted by Gasteiger charge is 2.27. The Kier molecular flexibility index (Phi) is 7.42. The lowest BCUT2D eigenvalue weighted by atomic mass is 9.97. The molecule has 32 heavy (non-hydrogen) atoms. The molecule has 1 atom stereocenters. The van der Waals surface area contributed by atoms with Gasteiger partial charge in [-0.3, -0.25) is 4.79 Å². The van der Waals surface area contributed by atoms with E-state index in [1.807, 2.05) is 30.3 Å². The van der Waals surface area contributed by atoms with Crippen molar-refractivity contribution in [3.8, 4) is 5.75 Å². The average molecular weight is 439 g/mol. The Morgan fingerprint density at radius 1 is 1.00 bits per heavy atom. The number of likely N-dealkylation sites (N-methyl/N-ethyl adjacent to an activating group) is 1. The number of methoxy groups -OCH3 is 1. The predicted molar refractivity (Wildman–Crippen MR) is 126 cm³/mol. The number of rotatable bonds is 7. The first-order chi connectivity index (χ1) is 15.7. The first-order valence-corrected chi connectivity index (χ1v) is 11.6. The summed E-state index contributed by atoms with van der Waals surface area (Å²) in [5.41, 5.74) is 1.06. The van der Waals surface area contributed by atoms with Crippen LogP contribution in [0.25, 0.3) is 0 Å². The molecule has 0 aliphatic carbocycles. The number of piperazine rings is 1. The fourth-order valence-corrected chi connectivity index (χ4v) is 4.42. The molecule has 1 aromatic carbocycles. The summed E-state index contributed by atoms with van der Waals surface area (Å²) in [6.07, 6.45) is 1.88. The molecule has 172 valence electrons. The number of carbonyl (C=O) groups excluding carboxylic acids is 1. The van der Waals surface area contributed by atoms with Crippen LogP contribution in [-0.2, 0) is 11.3 Å². The molecule has 3 heterocycles. The summed E-state index contributed by atoms with van der Waals surface area (Å²) < 4.78 is 5.19. The van der Waals surface area contributed by atoms with Gasteiger partial charge in [-0.05, 0) is 49.2 Å². The summed E-state index contributed by atoms with van der Waals surface area (Å²) in [5, 5.41) is 12.1. The number of amides is 1. The maximum Gasteiger partial charge on any atom is 0.225 e. The monoisotopic (exact) mass is 438 g/mol. The van der Waals surface area contributed by atoms with Gasteiger partial charge in [0.05, 0.1) is 13.0 Å². The number of aromatic nitrogens is 2. The van der Waals surface area contributed by atoms with Gasteiger partial charge in [-0.25, -0.2) is 0 Å². The molecule has 0 bridgehead atoms. The van der Waals surface area contributed by atoms with Crippen molar-refractivity contribution in [1.29, 1.82) is 0 Å². The Hall–Kier alpha value is -2.87. The Labute approximate surface area is 190 Å². The quantitative estimate of drug-likeness (QED) is 0.710. The van der Waals surface area contributed by atoms with E-state index in [9.17, 15) is 4.79 Å². The number of nitrogens with zero attached hydrogens (tertiary/aromatic N) is 5. The third-order valence-corrected chi connectivity index (χ3v) is 6.52. The highest BCUT2D eigenvalue weighted by atomic mass is 16.5. The molecule has 0 spiro atoms. The van der Waals surface area contributed by atoms with Crippen LogP contribution in [0.1, 0.15) is 25.3 Å². The standard InChI is InChI=1S/C24H34N6O2/c1-3-28-13-15-29(16-14-28)22-10-11-23(27-26-22)30-12-4-5-20(18-30)24(31)25-17-19-6-8-21(32-2)9-7-19/h6-11,20H,3-5,12-18H2,1-2H3,(H,25,31). The lowest BCUT2D eigenvalue weighted by molar-refractivity contribution is -0.125. The van der Waals surface area contributed by atoms with E-state index in [4.69, 9.17) is 4.74 Å². The molecule has 2 aliphatic heterocycles. The van der Waals surface area contributed by atoms with Crippen LogP contribution in [0.2, 0.25) is 0 Å². The van der Waals surface area contributed by atoms with E-state index in [0.717, 1.165) is 75.1 Å². The third-order valence-electron chi connectivity index (χ3n) is 6.52. The van der Waals surface area contributed by atoms with Crippen molar-refractivity contribution in [3.05, 3.63) is 42.0 Å². The smallest absolute Gasteiger partial charge is 0.225 e. The van der Waals surface area contributed by atoms with Crippen molar-refractivity contribution in [2.75, 3.05) is 62.7 Å². The number of anilines is 2. The summed E-state index contributed by atoms with van der Waals surface area (Å²) in [4.78, 5) is 19.7. The molecule has 8 heteroatoms. The SMILES string of the molecule is CCN1CCN(c2ccc(N3CCCC(C(=O)NCc4ccc(OC)cc4)C3)nn2)CC1. The van der Waals surface area contributed by atoms with Crippen molar-refractivity contribution in [2.45, 2.75) is 26.3 Å². The van der Waals surface area contributed by atoms with Gasteiger partial charge < -0.3 is 24.8 Å². The highest BCUT2D eigenvalue weighted by molar-refractivity contribution is 5.79. The zero-order chi connectivity index (χ0) is 22.3. The summed E-state index contributed by atoms with van der Waals surface area (Å²) in [7, 11) is 1.65. The molecule has 1 N–H and O–H groups in total. The Balaban J connectivity index is 1.29. The second-order valence-electron chi connectivity index (χ2n) is 8.52. The second kappa shape index (κ2) is 10.6. The molecular formula is C24H34N6O2. The van der Waals surface area contributed by atoms with Crippen molar-refractivity contribution < 1.29 is 9.53 Å². The van der Waals surface area contributed by atoms with Crippen LogP contribution in [0.4, 0.5) is 11.6 Å². The van der Waals surface area contributed by atoms with E-state index >= 15 is 0 Å². The number of carbonyl (C=O) groups is 1. The molecule has 1 amide bonds. The van der Waals surface area contributed by atoms with Gasteiger partial charge in [-0.15, -0.1) is 10.2 Å². The van der Waals surface area contributed by atoms with Crippen LogP contribution >= 0.6 is 0 Å². The third kappa shape index (κ3) is 5.48. The molecule has 1 aromatic heterocycles. The van der Waals surface area contributed by atoms with Crippen LogP contribution in [-0.4, -0.2) is 73.9 Å². The van der Waals surface area contributed by atoms with Gasteiger partial charge >= 0.3 is 0 Å². The topological polar surface area (TPSA) is 73.8 Å². The minimum atomic E-state index is -0.0365. The molecule has 2 fully saturated rings. The van der Waals surface area contributed by atoms with E-state index in [0.29, 0.717) is 13.1 Å². The fraction of sp³-hybridized carbons (Fsp3) is 0.542. The Morgan fingerprint density at radius 2 is 1.69 bits per heavy atom. The number of benzene rings is 1. The lowest BCUT2D eigenvalue weighted by Gasteiger charge is -2.35. The molecule has 1 unspecified atom stereocenters. The van der Waals surface area contributed by atoms with Crippen LogP contribution in [0.15, 0.2) is 36.4 Å². The van der Waals surface area contributed by atoms with Crippen molar-refractivity contribution in [3.63, 3.8) is 0 Å². The van der Waals surface area contributed by atoms with Crippen LogP contribution in [0.5, 0.6) is 5.75 Å². The summed E-state index contributed by atoms with van der Waals surface area (Å²) in [5.74, 6) is 2.68. The Bertz CT molecular complexity index is 865. The van der Waals surface area contributed by atoms with Gasteiger partial charge in [0.1, 0.15) is 5.75 Å². The Morgan fingerprint density at radius 3 is 2.31 bits per heavy atom. The van der Waals surface area contributed by atoms with E-state index < -0.39 is 0 Å². The molecule has 8 nitrogen and oxygen atoms in total. The minimum absolute atomic E-state index is 0.0365. The number of hydrogen-bond acceptors (Lipinski definition) is 7.